The molecule has 5 heteroatoms. The van der Waals surface area contributed by atoms with E-state index in [1.807, 2.05) is 6.92 Å². The zero-order chi connectivity index (χ0) is 14.3. The number of hydrogen-bond donors (Lipinski definition) is 1. The Balaban J connectivity index is 2.90. The summed E-state index contributed by atoms with van der Waals surface area (Å²) in [5.74, 6) is -0.313. The molecule has 0 bridgehead atoms. The smallest absolute Gasteiger partial charge is 0.305 e. The molecule has 0 atom stereocenters. The number of Topliss-reactive ketones (excluding diaryl/α,β-unsaturated/α-hetero) is 1. The van der Waals surface area contributed by atoms with Crippen molar-refractivity contribution in [3.8, 4) is 0 Å². The zero-order valence-corrected chi connectivity index (χ0v) is 11.6. The fraction of sp³-hybridized carbons (Fsp3) is 0.643. The lowest BCUT2D eigenvalue weighted by Crippen LogP contribution is -2.21. The Labute approximate surface area is 113 Å². The highest BCUT2D eigenvalue weighted by Gasteiger charge is 2.24. The van der Waals surface area contributed by atoms with E-state index >= 15 is 0 Å². The summed E-state index contributed by atoms with van der Waals surface area (Å²) >= 11 is 0. The van der Waals surface area contributed by atoms with Gasteiger partial charge in [0, 0.05) is 31.5 Å². The van der Waals surface area contributed by atoms with Crippen LogP contribution in [0.1, 0.15) is 45.4 Å². The Kier molecular flexibility index (Phi) is 6.25. The minimum Gasteiger partial charge on any atom is -0.511 e. The maximum Gasteiger partial charge on any atom is 0.305 e. The van der Waals surface area contributed by atoms with Crippen LogP contribution in [0.25, 0.3) is 0 Å². The van der Waals surface area contributed by atoms with E-state index in [1.165, 1.54) is 7.11 Å². The number of rotatable bonds is 6. The van der Waals surface area contributed by atoms with E-state index in [0.717, 1.165) is 6.42 Å². The van der Waals surface area contributed by atoms with Crippen LogP contribution < -0.4 is 0 Å². The molecule has 5 nitrogen and oxygen atoms in total. The molecule has 0 fully saturated rings. The molecule has 1 aliphatic carbocycles. The number of aliphatic imine (C=N–C) groups is 1. The van der Waals surface area contributed by atoms with Gasteiger partial charge < -0.3 is 9.84 Å². The van der Waals surface area contributed by atoms with Crippen LogP contribution in [-0.2, 0) is 14.3 Å². The van der Waals surface area contributed by atoms with Gasteiger partial charge in [0.2, 0.25) is 0 Å². The normalized spacial score (nSPS) is 16.7. The predicted octanol–water partition coefficient (Wildman–Crippen LogP) is 2.36. The lowest BCUT2D eigenvalue weighted by atomic mass is 9.91. The van der Waals surface area contributed by atoms with Crippen LogP contribution in [0.3, 0.4) is 0 Å². The Hall–Kier alpha value is -1.65. The van der Waals surface area contributed by atoms with Gasteiger partial charge >= 0.3 is 5.97 Å². The number of carbonyl (C=O) groups is 2. The van der Waals surface area contributed by atoms with Gasteiger partial charge in [-0.3, -0.25) is 14.6 Å². The van der Waals surface area contributed by atoms with E-state index < -0.39 is 0 Å². The SMILES string of the molecule is CCCN=C(CCC(=O)OC)C1=C(O)CCCC1=O. The predicted molar refractivity (Wildman–Crippen MR) is 72.4 cm³/mol. The Morgan fingerprint density at radius 2 is 2.11 bits per heavy atom. The molecular formula is C14H21NO4. The third kappa shape index (κ3) is 4.50. The van der Waals surface area contributed by atoms with Gasteiger partial charge in [0.15, 0.2) is 5.78 Å². The molecule has 1 rings (SSSR count). The van der Waals surface area contributed by atoms with Crippen LogP contribution in [0.4, 0.5) is 0 Å². The third-order valence-electron chi connectivity index (χ3n) is 2.99. The first-order valence-corrected chi connectivity index (χ1v) is 6.66. The van der Waals surface area contributed by atoms with Gasteiger partial charge in [0.05, 0.1) is 19.1 Å². The van der Waals surface area contributed by atoms with E-state index in [-0.39, 0.29) is 23.9 Å². The summed E-state index contributed by atoms with van der Waals surface area (Å²) in [4.78, 5) is 27.4. The number of ketones is 1. The quantitative estimate of drug-likeness (QED) is 0.592. The molecule has 0 unspecified atom stereocenters. The van der Waals surface area contributed by atoms with Gasteiger partial charge in [-0.05, 0) is 12.8 Å². The molecule has 0 aromatic heterocycles. The fourth-order valence-corrected chi connectivity index (χ4v) is 2.01. The zero-order valence-electron chi connectivity index (χ0n) is 11.6. The average Bonchev–Trinajstić information content (AvgIpc) is 2.40. The lowest BCUT2D eigenvalue weighted by molar-refractivity contribution is -0.140. The summed E-state index contributed by atoms with van der Waals surface area (Å²) in [5, 5.41) is 9.89. The van der Waals surface area contributed by atoms with Gasteiger partial charge in [-0.2, -0.15) is 0 Å². The van der Waals surface area contributed by atoms with Crippen molar-refractivity contribution in [1.82, 2.24) is 0 Å². The molecule has 0 aromatic rings. The summed E-state index contributed by atoms with van der Waals surface area (Å²) < 4.78 is 4.59. The standard InChI is InChI=1S/C14H21NO4/c1-3-9-15-10(7-8-13(18)19-2)14-11(16)5-4-6-12(14)17/h16H,3-9H2,1-2H3. The Morgan fingerprint density at radius 3 is 2.68 bits per heavy atom. The van der Waals surface area contributed by atoms with E-state index in [0.29, 0.717) is 43.5 Å². The summed E-state index contributed by atoms with van der Waals surface area (Å²) in [6, 6.07) is 0. The molecule has 1 N–H and O–H groups in total. The van der Waals surface area contributed by atoms with Crippen LogP contribution in [0.2, 0.25) is 0 Å². The Bertz CT molecular complexity index is 410. The number of nitrogens with zero attached hydrogens (tertiary/aromatic N) is 1. The average molecular weight is 267 g/mol. The molecule has 0 aromatic carbocycles. The maximum absolute atomic E-state index is 11.9. The second-order valence-corrected chi connectivity index (χ2v) is 4.50. The van der Waals surface area contributed by atoms with Crippen molar-refractivity contribution in [3.63, 3.8) is 0 Å². The first-order valence-electron chi connectivity index (χ1n) is 6.66. The number of aliphatic hydroxyl groups excluding tert-OH is 1. The molecule has 0 saturated heterocycles. The minimum atomic E-state index is -0.340. The molecule has 0 saturated carbocycles. The van der Waals surface area contributed by atoms with E-state index in [9.17, 15) is 14.7 Å². The molecule has 1 aliphatic rings. The topological polar surface area (TPSA) is 76.0 Å². The highest BCUT2D eigenvalue weighted by molar-refractivity contribution is 6.23. The van der Waals surface area contributed by atoms with Crippen LogP contribution in [-0.4, -0.2) is 36.2 Å². The highest BCUT2D eigenvalue weighted by atomic mass is 16.5. The number of ether oxygens (including phenoxy) is 1. The molecular weight excluding hydrogens is 246 g/mol. The van der Waals surface area contributed by atoms with Crippen molar-refractivity contribution in [1.29, 1.82) is 0 Å². The number of carbonyl (C=O) groups excluding carboxylic acids is 2. The molecule has 19 heavy (non-hydrogen) atoms. The van der Waals surface area contributed by atoms with Crippen LogP contribution in [0.15, 0.2) is 16.3 Å². The van der Waals surface area contributed by atoms with Crippen molar-refractivity contribution in [2.45, 2.75) is 45.4 Å². The second kappa shape index (κ2) is 7.71. The first kappa shape index (κ1) is 15.4. The fourth-order valence-electron chi connectivity index (χ4n) is 2.01. The van der Waals surface area contributed by atoms with Crippen molar-refractivity contribution >= 4 is 17.5 Å². The van der Waals surface area contributed by atoms with Gasteiger partial charge in [-0.25, -0.2) is 0 Å². The summed E-state index contributed by atoms with van der Waals surface area (Å²) in [6.07, 6.45) is 2.96. The van der Waals surface area contributed by atoms with Crippen LogP contribution in [0, 0.1) is 0 Å². The molecule has 0 aliphatic heterocycles. The van der Waals surface area contributed by atoms with Crippen LogP contribution in [0.5, 0.6) is 0 Å². The summed E-state index contributed by atoms with van der Waals surface area (Å²) in [6.45, 7) is 2.57. The van der Waals surface area contributed by atoms with E-state index in [2.05, 4.69) is 9.73 Å². The molecule has 0 radical (unpaired) electrons. The largest absolute Gasteiger partial charge is 0.511 e. The van der Waals surface area contributed by atoms with Gasteiger partial charge in [-0.15, -0.1) is 0 Å². The van der Waals surface area contributed by atoms with Crippen molar-refractivity contribution in [3.05, 3.63) is 11.3 Å². The van der Waals surface area contributed by atoms with E-state index in [1.54, 1.807) is 0 Å². The highest BCUT2D eigenvalue weighted by Crippen LogP contribution is 2.23. The number of esters is 1. The third-order valence-corrected chi connectivity index (χ3v) is 2.99. The first-order chi connectivity index (χ1) is 9.10. The number of hydrogen-bond acceptors (Lipinski definition) is 5. The molecule has 0 amide bonds. The van der Waals surface area contributed by atoms with Gasteiger partial charge in [-0.1, -0.05) is 6.92 Å². The second-order valence-electron chi connectivity index (χ2n) is 4.50. The molecule has 106 valence electrons. The number of allylic oxidation sites excluding steroid dienone is 2. The number of methoxy groups -OCH3 is 1. The van der Waals surface area contributed by atoms with Gasteiger partial charge in [0.25, 0.3) is 0 Å². The van der Waals surface area contributed by atoms with Crippen molar-refractivity contribution in [2.75, 3.05) is 13.7 Å². The summed E-state index contributed by atoms with van der Waals surface area (Å²) in [7, 11) is 1.33. The lowest BCUT2D eigenvalue weighted by Gasteiger charge is -2.17. The monoisotopic (exact) mass is 267 g/mol. The molecule has 0 spiro atoms. The van der Waals surface area contributed by atoms with Crippen LogP contribution >= 0.6 is 0 Å². The number of aliphatic hydroxyl groups is 1. The minimum absolute atomic E-state index is 0.0801. The van der Waals surface area contributed by atoms with E-state index in [4.69, 9.17) is 0 Å². The molecule has 0 heterocycles. The summed E-state index contributed by atoms with van der Waals surface area (Å²) in [5.41, 5.74) is 0.859. The maximum atomic E-state index is 11.9. The van der Waals surface area contributed by atoms with Gasteiger partial charge in [0.1, 0.15) is 5.76 Å². The van der Waals surface area contributed by atoms with Crippen molar-refractivity contribution in [2.24, 2.45) is 4.99 Å². The van der Waals surface area contributed by atoms with Crippen molar-refractivity contribution < 1.29 is 19.4 Å². The Morgan fingerprint density at radius 1 is 1.37 bits per heavy atom.